The number of aryl methyl sites for hydroxylation is 1. The van der Waals surface area contributed by atoms with Crippen LogP contribution in [-0.4, -0.2) is 11.0 Å². The molecule has 1 heterocycles. The molecule has 1 aliphatic rings. The number of hydrogen-bond donors (Lipinski definition) is 1. The topological polar surface area (TPSA) is 24.9 Å². The average molecular weight is 297 g/mol. The molecule has 1 aromatic heterocycles. The van der Waals surface area contributed by atoms with Gasteiger partial charge in [-0.25, -0.2) is 9.37 Å². The van der Waals surface area contributed by atoms with Crippen molar-refractivity contribution in [2.45, 2.75) is 32.4 Å². The van der Waals surface area contributed by atoms with Crippen LogP contribution in [0.25, 0.3) is 10.6 Å². The molecule has 1 fully saturated rings. The maximum Gasteiger partial charge on any atom is 0.152 e. The maximum atomic E-state index is 14.0. The highest BCUT2D eigenvalue weighted by Crippen LogP contribution is 2.32. The average Bonchev–Trinajstić information content (AvgIpc) is 3.14. The zero-order valence-electron chi connectivity index (χ0n) is 10.5. The Morgan fingerprint density at radius 2 is 2.26 bits per heavy atom. The molecule has 1 aliphatic carbocycles. The molecule has 0 bridgehead atoms. The summed E-state index contributed by atoms with van der Waals surface area (Å²) in [6, 6.07) is 5.68. The third kappa shape index (κ3) is 2.81. The Kier molecular flexibility index (Phi) is 3.56. The van der Waals surface area contributed by atoms with E-state index in [-0.39, 0.29) is 10.8 Å². The number of halogens is 2. The third-order valence-corrected chi connectivity index (χ3v) is 4.69. The van der Waals surface area contributed by atoms with E-state index in [1.165, 1.54) is 29.1 Å². The van der Waals surface area contributed by atoms with Crippen molar-refractivity contribution in [3.63, 3.8) is 0 Å². The Morgan fingerprint density at radius 3 is 3.00 bits per heavy atom. The highest BCUT2D eigenvalue weighted by atomic mass is 35.5. The van der Waals surface area contributed by atoms with E-state index in [0.717, 1.165) is 12.2 Å². The molecule has 0 spiro atoms. The Morgan fingerprint density at radius 1 is 1.47 bits per heavy atom. The first kappa shape index (κ1) is 13.0. The number of benzene rings is 1. The summed E-state index contributed by atoms with van der Waals surface area (Å²) in [6.07, 6.45) is 2.52. The van der Waals surface area contributed by atoms with Gasteiger partial charge in [-0.15, -0.1) is 11.3 Å². The number of nitrogens with zero attached hydrogens (tertiary/aromatic N) is 1. The van der Waals surface area contributed by atoms with Crippen molar-refractivity contribution in [1.82, 2.24) is 10.3 Å². The van der Waals surface area contributed by atoms with E-state index in [4.69, 9.17) is 11.6 Å². The summed E-state index contributed by atoms with van der Waals surface area (Å²) in [5.41, 5.74) is 1.45. The molecule has 2 nitrogen and oxygen atoms in total. The summed E-state index contributed by atoms with van der Waals surface area (Å²) < 4.78 is 14.0. The van der Waals surface area contributed by atoms with Gasteiger partial charge in [-0.05, 0) is 31.9 Å². The van der Waals surface area contributed by atoms with Gasteiger partial charge in [0.25, 0.3) is 0 Å². The lowest BCUT2D eigenvalue weighted by molar-refractivity contribution is 0.631. The minimum Gasteiger partial charge on any atom is -0.309 e. The van der Waals surface area contributed by atoms with Gasteiger partial charge in [0.1, 0.15) is 5.01 Å². The molecule has 1 saturated carbocycles. The lowest BCUT2D eigenvalue weighted by Gasteiger charge is -2.00. The first-order valence-electron chi connectivity index (χ1n) is 6.29. The molecule has 1 aromatic carbocycles. The number of nitrogens with one attached hydrogen (secondary N) is 1. The molecule has 0 radical (unpaired) electrons. The maximum absolute atomic E-state index is 14.0. The minimum absolute atomic E-state index is 0.142. The summed E-state index contributed by atoms with van der Waals surface area (Å²) in [7, 11) is 0. The summed E-state index contributed by atoms with van der Waals surface area (Å²) in [5, 5.41) is 4.30. The van der Waals surface area contributed by atoms with Crippen molar-refractivity contribution in [3.8, 4) is 10.6 Å². The standard InChI is InChI=1S/C14H14ClFN2S/c1-8-12(7-17-9-5-6-9)19-14(18-8)10-3-2-4-11(15)13(10)16/h2-4,9,17H,5-7H2,1H3. The van der Waals surface area contributed by atoms with Crippen LogP contribution >= 0.6 is 22.9 Å². The zero-order valence-corrected chi connectivity index (χ0v) is 12.1. The van der Waals surface area contributed by atoms with Crippen molar-refractivity contribution in [2.75, 3.05) is 0 Å². The third-order valence-electron chi connectivity index (χ3n) is 3.20. The molecule has 0 unspecified atom stereocenters. The van der Waals surface area contributed by atoms with Crippen LogP contribution in [0, 0.1) is 12.7 Å². The summed E-state index contributed by atoms with van der Waals surface area (Å²) in [5.74, 6) is -0.389. The van der Waals surface area contributed by atoms with Crippen LogP contribution in [0.1, 0.15) is 23.4 Å². The second kappa shape index (κ2) is 5.19. The molecular weight excluding hydrogens is 283 g/mol. The van der Waals surface area contributed by atoms with E-state index in [2.05, 4.69) is 10.3 Å². The van der Waals surface area contributed by atoms with Gasteiger partial charge in [-0.2, -0.15) is 0 Å². The monoisotopic (exact) mass is 296 g/mol. The van der Waals surface area contributed by atoms with Gasteiger partial charge in [-0.1, -0.05) is 17.7 Å². The Hall–Kier alpha value is -0.970. The highest BCUT2D eigenvalue weighted by molar-refractivity contribution is 7.15. The summed E-state index contributed by atoms with van der Waals surface area (Å²) in [4.78, 5) is 5.63. The molecule has 19 heavy (non-hydrogen) atoms. The van der Waals surface area contributed by atoms with Crippen LogP contribution in [0.4, 0.5) is 4.39 Å². The van der Waals surface area contributed by atoms with Crippen molar-refractivity contribution < 1.29 is 4.39 Å². The van der Waals surface area contributed by atoms with Crippen LogP contribution in [-0.2, 0) is 6.54 Å². The Balaban J connectivity index is 1.87. The van der Waals surface area contributed by atoms with Gasteiger partial charge >= 0.3 is 0 Å². The van der Waals surface area contributed by atoms with Crippen molar-refractivity contribution >= 4 is 22.9 Å². The van der Waals surface area contributed by atoms with Crippen LogP contribution in [0.15, 0.2) is 18.2 Å². The predicted molar refractivity (Wildman–Crippen MR) is 77.1 cm³/mol. The fraction of sp³-hybridized carbons (Fsp3) is 0.357. The Bertz CT molecular complexity index is 607. The van der Waals surface area contributed by atoms with E-state index in [9.17, 15) is 4.39 Å². The second-order valence-corrected chi connectivity index (χ2v) is 6.27. The molecule has 3 rings (SSSR count). The normalized spacial score (nSPS) is 14.9. The zero-order chi connectivity index (χ0) is 13.4. The summed E-state index contributed by atoms with van der Waals surface area (Å²) in [6.45, 7) is 2.78. The number of aromatic nitrogens is 1. The first-order chi connectivity index (χ1) is 9.15. The molecule has 1 N–H and O–H groups in total. The van der Waals surface area contributed by atoms with Crippen LogP contribution in [0.2, 0.25) is 5.02 Å². The predicted octanol–water partition coefficient (Wildman–Crippen LogP) is 4.16. The van der Waals surface area contributed by atoms with Gasteiger partial charge in [0.15, 0.2) is 5.82 Å². The van der Waals surface area contributed by atoms with Gasteiger partial charge in [-0.3, -0.25) is 0 Å². The van der Waals surface area contributed by atoms with Crippen LogP contribution in [0.3, 0.4) is 0 Å². The minimum atomic E-state index is -0.389. The fourth-order valence-corrected chi connectivity index (χ4v) is 3.11. The fourth-order valence-electron chi connectivity index (χ4n) is 1.90. The lowest BCUT2D eigenvalue weighted by Crippen LogP contribution is -2.14. The molecule has 100 valence electrons. The van der Waals surface area contributed by atoms with Crippen molar-refractivity contribution in [1.29, 1.82) is 0 Å². The van der Waals surface area contributed by atoms with Crippen LogP contribution in [0.5, 0.6) is 0 Å². The molecule has 2 aromatic rings. The smallest absolute Gasteiger partial charge is 0.152 e. The molecular formula is C14H14ClFN2S. The number of thiazole rings is 1. The van der Waals surface area contributed by atoms with Crippen molar-refractivity contribution in [2.24, 2.45) is 0 Å². The Labute approximate surface area is 120 Å². The van der Waals surface area contributed by atoms with E-state index >= 15 is 0 Å². The largest absolute Gasteiger partial charge is 0.309 e. The van der Waals surface area contributed by atoms with Crippen LogP contribution < -0.4 is 5.32 Å². The highest BCUT2D eigenvalue weighted by Gasteiger charge is 2.21. The molecule has 0 saturated heterocycles. The first-order valence-corrected chi connectivity index (χ1v) is 7.48. The molecule has 0 aliphatic heterocycles. The quantitative estimate of drug-likeness (QED) is 0.916. The second-order valence-electron chi connectivity index (χ2n) is 4.78. The van der Waals surface area contributed by atoms with E-state index in [1.54, 1.807) is 18.2 Å². The van der Waals surface area contributed by atoms with E-state index in [0.29, 0.717) is 16.6 Å². The van der Waals surface area contributed by atoms with Gasteiger partial charge in [0, 0.05) is 23.0 Å². The van der Waals surface area contributed by atoms with Crippen molar-refractivity contribution in [3.05, 3.63) is 39.6 Å². The van der Waals surface area contributed by atoms with Gasteiger partial charge in [0.2, 0.25) is 0 Å². The number of rotatable bonds is 4. The molecule has 5 heteroatoms. The van der Waals surface area contributed by atoms with Gasteiger partial charge in [0.05, 0.1) is 10.7 Å². The number of hydrogen-bond acceptors (Lipinski definition) is 3. The SMILES string of the molecule is Cc1nc(-c2cccc(Cl)c2F)sc1CNC1CC1. The molecule has 0 amide bonds. The van der Waals surface area contributed by atoms with E-state index in [1.807, 2.05) is 6.92 Å². The van der Waals surface area contributed by atoms with Gasteiger partial charge < -0.3 is 5.32 Å². The lowest BCUT2D eigenvalue weighted by atomic mass is 10.2. The summed E-state index contributed by atoms with van der Waals surface area (Å²) >= 11 is 7.34. The molecule has 0 atom stereocenters. The van der Waals surface area contributed by atoms with E-state index < -0.39 is 0 Å².